The minimum Gasteiger partial charge on any atom is -0.381 e. The Kier molecular flexibility index (Phi) is 2.49. The molecule has 2 rings (SSSR count). The van der Waals surface area contributed by atoms with Crippen molar-refractivity contribution in [2.24, 2.45) is 0 Å². The van der Waals surface area contributed by atoms with Crippen molar-refractivity contribution in [2.45, 2.75) is 18.8 Å². The van der Waals surface area contributed by atoms with Gasteiger partial charge in [-0.1, -0.05) is 0 Å². The quantitative estimate of drug-likeness (QED) is 0.661. The minimum atomic E-state index is -0.431. The molecule has 2 N–H and O–H groups in total. The molecular formula is C9H12N2O3. The average Bonchev–Trinajstić information content (AvgIpc) is 2.18. The molecule has 1 aromatic heterocycles. The van der Waals surface area contributed by atoms with Gasteiger partial charge in [0.2, 0.25) is 0 Å². The second kappa shape index (κ2) is 3.79. The summed E-state index contributed by atoms with van der Waals surface area (Å²) in [5, 5.41) is 0. The number of H-pyrrole nitrogens is 2. The van der Waals surface area contributed by atoms with Crippen LogP contribution in [-0.2, 0) is 4.74 Å². The summed E-state index contributed by atoms with van der Waals surface area (Å²) in [7, 11) is 0. The van der Waals surface area contributed by atoms with Crippen LogP contribution in [0, 0.1) is 0 Å². The monoisotopic (exact) mass is 196 g/mol. The summed E-state index contributed by atoms with van der Waals surface area (Å²) in [5.74, 6) is 0.249. The van der Waals surface area contributed by atoms with Crippen molar-refractivity contribution in [3.63, 3.8) is 0 Å². The zero-order valence-electron chi connectivity index (χ0n) is 7.71. The van der Waals surface area contributed by atoms with Crippen LogP contribution in [0.5, 0.6) is 0 Å². The highest BCUT2D eigenvalue weighted by molar-refractivity contribution is 5.06. The van der Waals surface area contributed by atoms with Gasteiger partial charge in [0.15, 0.2) is 0 Å². The van der Waals surface area contributed by atoms with E-state index in [2.05, 4.69) is 9.97 Å². The molecule has 0 spiro atoms. The average molecular weight is 196 g/mol. The van der Waals surface area contributed by atoms with E-state index in [1.165, 1.54) is 6.07 Å². The highest BCUT2D eigenvalue weighted by atomic mass is 16.5. The van der Waals surface area contributed by atoms with Gasteiger partial charge in [0.1, 0.15) is 0 Å². The smallest absolute Gasteiger partial charge is 0.325 e. The normalized spacial score (nSPS) is 18.3. The van der Waals surface area contributed by atoms with Crippen LogP contribution in [0.3, 0.4) is 0 Å². The summed E-state index contributed by atoms with van der Waals surface area (Å²) in [5.41, 5.74) is -0.0451. The zero-order chi connectivity index (χ0) is 9.97. The highest BCUT2D eigenvalue weighted by Gasteiger charge is 2.16. The van der Waals surface area contributed by atoms with Gasteiger partial charge in [-0.05, 0) is 12.8 Å². The Morgan fingerprint density at radius 2 is 1.93 bits per heavy atom. The van der Waals surface area contributed by atoms with E-state index in [4.69, 9.17) is 4.74 Å². The molecule has 0 radical (unpaired) electrons. The fourth-order valence-electron chi connectivity index (χ4n) is 1.72. The Morgan fingerprint density at radius 1 is 1.21 bits per heavy atom. The Labute approximate surface area is 80.1 Å². The SMILES string of the molecule is O=c1cc(C2CCOCC2)[nH]c(=O)[nH]1. The first-order chi connectivity index (χ1) is 6.75. The maximum atomic E-state index is 11.0. The molecule has 0 amide bonds. The van der Waals surface area contributed by atoms with Crippen LogP contribution < -0.4 is 11.2 Å². The summed E-state index contributed by atoms with van der Waals surface area (Å²) in [6.45, 7) is 1.39. The molecule has 1 aliphatic rings. The van der Waals surface area contributed by atoms with Crippen LogP contribution in [0.15, 0.2) is 15.7 Å². The van der Waals surface area contributed by atoms with Gasteiger partial charge in [-0.25, -0.2) is 4.79 Å². The molecule has 5 nitrogen and oxygen atoms in total. The standard InChI is InChI=1S/C9H12N2O3/c12-8-5-7(10-9(13)11-8)6-1-3-14-4-2-6/h5-6H,1-4H2,(H2,10,11,12,13). The second-order valence-corrected chi connectivity index (χ2v) is 3.43. The van der Waals surface area contributed by atoms with E-state index in [1.54, 1.807) is 0 Å². The number of aromatic amines is 2. The van der Waals surface area contributed by atoms with E-state index in [9.17, 15) is 9.59 Å². The third-order valence-electron chi connectivity index (χ3n) is 2.44. The van der Waals surface area contributed by atoms with Crippen molar-refractivity contribution in [2.75, 3.05) is 13.2 Å². The molecule has 1 saturated heterocycles. The summed E-state index contributed by atoms with van der Waals surface area (Å²) in [6.07, 6.45) is 1.72. The van der Waals surface area contributed by atoms with Crippen molar-refractivity contribution in [3.05, 3.63) is 32.6 Å². The van der Waals surface area contributed by atoms with E-state index in [1.807, 2.05) is 0 Å². The molecule has 1 aromatic rings. The molecular weight excluding hydrogens is 184 g/mol. The lowest BCUT2D eigenvalue weighted by atomic mass is 9.96. The maximum Gasteiger partial charge on any atom is 0.325 e. The van der Waals surface area contributed by atoms with Crippen LogP contribution in [0.25, 0.3) is 0 Å². The van der Waals surface area contributed by atoms with Gasteiger partial charge in [0, 0.05) is 30.9 Å². The first-order valence-electron chi connectivity index (χ1n) is 4.67. The first kappa shape index (κ1) is 9.21. The van der Waals surface area contributed by atoms with Crippen molar-refractivity contribution in [3.8, 4) is 0 Å². The predicted molar refractivity (Wildman–Crippen MR) is 50.5 cm³/mol. The fraction of sp³-hybridized carbons (Fsp3) is 0.556. The summed E-state index contributed by atoms with van der Waals surface area (Å²) in [4.78, 5) is 26.9. The Balaban J connectivity index is 2.30. The van der Waals surface area contributed by atoms with Crippen molar-refractivity contribution in [1.29, 1.82) is 0 Å². The molecule has 0 aromatic carbocycles. The van der Waals surface area contributed by atoms with E-state index in [0.29, 0.717) is 13.2 Å². The van der Waals surface area contributed by atoms with Gasteiger partial charge in [0.25, 0.3) is 5.56 Å². The van der Waals surface area contributed by atoms with Crippen molar-refractivity contribution >= 4 is 0 Å². The number of ether oxygens (including phenoxy) is 1. The summed E-state index contributed by atoms with van der Waals surface area (Å²) < 4.78 is 5.20. The lowest BCUT2D eigenvalue weighted by molar-refractivity contribution is 0.0844. The molecule has 0 aliphatic carbocycles. The van der Waals surface area contributed by atoms with Crippen LogP contribution >= 0.6 is 0 Å². The summed E-state index contributed by atoms with van der Waals surface area (Å²) in [6, 6.07) is 1.46. The first-order valence-corrected chi connectivity index (χ1v) is 4.67. The van der Waals surface area contributed by atoms with Gasteiger partial charge >= 0.3 is 5.69 Å². The van der Waals surface area contributed by atoms with Crippen LogP contribution in [-0.4, -0.2) is 23.2 Å². The van der Waals surface area contributed by atoms with E-state index < -0.39 is 5.69 Å². The van der Waals surface area contributed by atoms with Gasteiger partial charge in [0.05, 0.1) is 0 Å². The third-order valence-corrected chi connectivity index (χ3v) is 2.44. The highest BCUT2D eigenvalue weighted by Crippen LogP contribution is 2.23. The summed E-state index contributed by atoms with van der Waals surface area (Å²) >= 11 is 0. The van der Waals surface area contributed by atoms with Gasteiger partial charge in [-0.15, -0.1) is 0 Å². The zero-order valence-corrected chi connectivity index (χ0v) is 7.71. The fourth-order valence-corrected chi connectivity index (χ4v) is 1.72. The predicted octanol–water partition coefficient (Wildman–Crippen LogP) is -0.0428. The topological polar surface area (TPSA) is 75.0 Å². The largest absolute Gasteiger partial charge is 0.381 e. The molecule has 2 heterocycles. The molecule has 76 valence electrons. The van der Waals surface area contributed by atoms with E-state index in [-0.39, 0.29) is 11.5 Å². The van der Waals surface area contributed by atoms with Gasteiger partial charge < -0.3 is 9.72 Å². The molecule has 0 bridgehead atoms. The van der Waals surface area contributed by atoms with Crippen LogP contribution in [0.1, 0.15) is 24.5 Å². The maximum absolute atomic E-state index is 11.0. The number of hydrogen-bond acceptors (Lipinski definition) is 3. The second-order valence-electron chi connectivity index (χ2n) is 3.43. The van der Waals surface area contributed by atoms with Crippen molar-refractivity contribution in [1.82, 2.24) is 9.97 Å². The molecule has 0 unspecified atom stereocenters. The number of rotatable bonds is 1. The molecule has 5 heteroatoms. The molecule has 0 saturated carbocycles. The van der Waals surface area contributed by atoms with Gasteiger partial charge in [-0.3, -0.25) is 9.78 Å². The number of nitrogens with one attached hydrogen (secondary N) is 2. The van der Waals surface area contributed by atoms with Crippen LogP contribution in [0.4, 0.5) is 0 Å². The molecule has 1 aliphatic heterocycles. The Bertz CT molecular complexity index is 386. The lowest BCUT2D eigenvalue weighted by Crippen LogP contribution is -2.26. The number of hydrogen-bond donors (Lipinski definition) is 2. The number of aromatic nitrogens is 2. The van der Waals surface area contributed by atoms with E-state index in [0.717, 1.165) is 18.5 Å². The molecule has 0 atom stereocenters. The Morgan fingerprint density at radius 3 is 2.57 bits per heavy atom. The third kappa shape index (κ3) is 1.93. The minimum absolute atomic E-state index is 0.249. The Hall–Kier alpha value is -1.36. The van der Waals surface area contributed by atoms with Gasteiger partial charge in [-0.2, -0.15) is 0 Å². The molecule has 1 fully saturated rings. The van der Waals surface area contributed by atoms with Crippen molar-refractivity contribution < 1.29 is 4.74 Å². The lowest BCUT2D eigenvalue weighted by Gasteiger charge is -2.21. The molecule has 14 heavy (non-hydrogen) atoms. The van der Waals surface area contributed by atoms with Crippen LogP contribution in [0.2, 0.25) is 0 Å². The van der Waals surface area contributed by atoms with E-state index >= 15 is 0 Å².